The molecule has 2 unspecified atom stereocenters. The lowest BCUT2D eigenvalue weighted by Crippen LogP contribution is -2.63. The molecule has 11 atom stereocenters. The molecule has 2 heterocycles. The fraction of sp³-hybridized carbons (Fsp3) is 0.591. The average molecular weight is 1180 g/mol. The molecule has 0 bridgehead atoms. The molecule has 0 aromatic heterocycles. The van der Waals surface area contributed by atoms with Gasteiger partial charge in [0.15, 0.2) is 12.1 Å². The predicted molar refractivity (Wildman–Crippen MR) is 327 cm³/mol. The van der Waals surface area contributed by atoms with Crippen LogP contribution in [0.1, 0.15) is 126 Å². The Hall–Kier alpha value is -7.15. The maximum atomic E-state index is 15.6. The molecule has 8 amide bonds. The SMILES string of the molecule is CCC(C)[C@@H]1NC(=O)[C@@H]2CCCN2C(=O)[C@H](Cc2ccc(-c3ccccc3)cc2)N(C)C(=O)[C@H](Cc2ccccc2)NC(=O)[C@H](C(C)C)N(C)C(=O)[C@@H](C(C)CC)OC(=O)[C@H](C(C)(C)O)N(C)C(=O)[C@H](CC(C)C)NC(=O)[C@H](C(C)C)N(C)C1=O. The summed E-state index contributed by atoms with van der Waals surface area (Å²) in [5, 5.41) is 20.6. The maximum absolute atomic E-state index is 15.6. The molecule has 3 aromatic rings. The Labute approximate surface area is 504 Å². The summed E-state index contributed by atoms with van der Waals surface area (Å²) < 4.78 is 6.12. The van der Waals surface area contributed by atoms with E-state index in [0.29, 0.717) is 30.4 Å². The number of ether oxygens (including phenoxy) is 1. The molecule has 0 aliphatic carbocycles. The van der Waals surface area contributed by atoms with E-state index in [9.17, 15) is 29.1 Å². The lowest BCUT2D eigenvalue weighted by atomic mass is 9.93. The van der Waals surface area contributed by atoms with Gasteiger partial charge in [0.1, 0.15) is 42.3 Å². The van der Waals surface area contributed by atoms with Gasteiger partial charge in [-0.3, -0.25) is 38.4 Å². The number of fused-ring (bicyclic) bond motifs is 1. The molecule has 5 rings (SSSR count). The molecule has 0 saturated carbocycles. The molecule has 0 spiro atoms. The van der Waals surface area contributed by atoms with Gasteiger partial charge >= 0.3 is 5.97 Å². The van der Waals surface area contributed by atoms with Crippen molar-refractivity contribution in [3.8, 4) is 11.1 Å². The van der Waals surface area contributed by atoms with Gasteiger partial charge in [-0.15, -0.1) is 0 Å². The summed E-state index contributed by atoms with van der Waals surface area (Å²) in [6, 6.07) is 16.3. The molecule has 85 heavy (non-hydrogen) atoms. The van der Waals surface area contributed by atoms with Crippen LogP contribution in [0.25, 0.3) is 11.1 Å². The van der Waals surface area contributed by atoms with Crippen molar-refractivity contribution in [2.45, 2.75) is 188 Å². The molecule has 2 aliphatic heterocycles. The first-order chi connectivity index (χ1) is 39.9. The molecule has 466 valence electrons. The zero-order valence-electron chi connectivity index (χ0n) is 53.1. The van der Waals surface area contributed by atoms with Gasteiger partial charge in [0, 0.05) is 53.5 Å². The third-order valence-electron chi connectivity index (χ3n) is 17.0. The van der Waals surface area contributed by atoms with Crippen molar-refractivity contribution in [2.24, 2.45) is 29.6 Å². The van der Waals surface area contributed by atoms with E-state index in [4.69, 9.17) is 4.74 Å². The van der Waals surface area contributed by atoms with E-state index in [0.717, 1.165) is 16.0 Å². The second-order valence-corrected chi connectivity index (χ2v) is 25.3. The number of nitrogens with one attached hydrogen (secondary N) is 3. The molecule has 0 radical (unpaired) electrons. The van der Waals surface area contributed by atoms with Gasteiger partial charge in [-0.2, -0.15) is 0 Å². The van der Waals surface area contributed by atoms with Gasteiger partial charge in [-0.05, 0) is 85.5 Å². The molecule has 19 nitrogen and oxygen atoms in total. The number of benzene rings is 3. The summed E-state index contributed by atoms with van der Waals surface area (Å²) in [6.45, 7) is 20.7. The quantitative estimate of drug-likeness (QED) is 0.136. The summed E-state index contributed by atoms with van der Waals surface area (Å²) in [4.78, 5) is 142. The highest BCUT2D eigenvalue weighted by Crippen LogP contribution is 2.28. The Balaban J connectivity index is 1.71. The summed E-state index contributed by atoms with van der Waals surface area (Å²) in [7, 11) is 5.69. The molecule has 3 aromatic carbocycles. The van der Waals surface area contributed by atoms with Crippen LogP contribution in [-0.2, 0) is 60.7 Å². The fourth-order valence-electron chi connectivity index (χ4n) is 11.8. The standard InChI is InChI=1S/C66H96N8O11/c1-17-42(9)52-63(81)71(14)53(40(5)6)58(76)67-48(36-39(3)4)61(79)73(16)56(66(11,12)84)65(83)85-55(43(10)18-2)64(82)72(15)54(41(7)8)59(77)68-49(37-44-26-21-19-22-27-44)60(78)70(13)51(62(80)74-35-25-30-50(74)57(75)69-52)38-45-31-33-47(34-32-45)46-28-23-20-24-29-46/h19-24,26-29,31-34,39-43,48-56,84H,17-18,25,30,35-38H2,1-16H3,(H,67,76)(H,68,77)(H,69,75)/t42?,43?,48-,49-,50-,51-,52-,53-,54-,55+,56+/m0/s1. The van der Waals surface area contributed by atoms with Crippen LogP contribution < -0.4 is 16.0 Å². The first-order valence-electron chi connectivity index (χ1n) is 30.3. The Kier molecular flexibility index (Phi) is 24.4. The maximum Gasteiger partial charge on any atom is 0.332 e. The average Bonchev–Trinajstić information content (AvgIpc) is 2.85. The number of aliphatic hydroxyl groups is 1. The van der Waals surface area contributed by atoms with E-state index in [-0.39, 0.29) is 38.1 Å². The number of amides is 8. The van der Waals surface area contributed by atoms with Crippen molar-refractivity contribution in [3.05, 3.63) is 96.1 Å². The van der Waals surface area contributed by atoms with E-state index < -0.39 is 137 Å². The second kappa shape index (κ2) is 30.3. The molecule has 2 saturated heterocycles. The molecular weight excluding hydrogens is 1080 g/mol. The molecule has 2 fully saturated rings. The van der Waals surface area contributed by atoms with Crippen LogP contribution in [0.5, 0.6) is 0 Å². The van der Waals surface area contributed by atoms with E-state index in [1.807, 2.05) is 100 Å². The van der Waals surface area contributed by atoms with E-state index in [1.54, 1.807) is 53.7 Å². The van der Waals surface area contributed by atoms with Gasteiger partial charge in [-0.1, -0.05) is 161 Å². The minimum atomic E-state index is -1.98. The molecule has 19 heteroatoms. The summed E-state index contributed by atoms with van der Waals surface area (Å²) in [5.74, 6) is -8.75. The lowest BCUT2D eigenvalue weighted by Gasteiger charge is -2.39. The van der Waals surface area contributed by atoms with Crippen molar-refractivity contribution >= 4 is 53.2 Å². The Bertz CT molecular complexity index is 2790. The van der Waals surface area contributed by atoms with Crippen LogP contribution >= 0.6 is 0 Å². The molecule has 4 N–H and O–H groups in total. The van der Waals surface area contributed by atoms with Gasteiger partial charge < -0.3 is 50.3 Å². The topological polar surface area (TPSA) is 235 Å². The Morgan fingerprint density at radius 2 is 1.05 bits per heavy atom. The number of likely N-dealkylation sites (N-methyl/N-ethyl adjacent to an activating group) is 4. The van der Waals surface area contributed by atoms with E-state index >= 15 is 19.2 Å². The van der Waals surface area contributed by atoms with Crippen molar-refractivity contribution in [1.29, 1.82) is 0 Å². The zero-order valence-corrected chi connectivity index (χ0v) is 53.1. The second-order valence-electron chi connectivity index (χ2n) is 25.3. The van der Waals surface area contributed by atoms with Crippen molar-refractivity contribution < 1.29 is 53.0 Å². The highest BCUT2D eigenvalue weighted by atomic mass is 16.6. The Morgan fingerprint density at radius 1 is 0.553 bits per heavy atom. The van der Waals surface area contributed by atoms with Crippen LogP contribution in [-0.4, -0.2) is 178 Å². The fourth-order valence-corrected chi connectivity index (χ4v) is 11.8. The smallest absolute Gasteiger partial charge is 0.332 e. The van der Waals surface area contributed by atoms with Crippen LogP contribution in [0.4, 0.5) is 0 Å². The molecule has 2 aliphatic rings. The minimum absolute atomic E-state index is 0.0136. The summed E-state index contributed by atoms with van der Waals surface area (Å²) >= 11 is 0. The van der Waals surface area contributed by atoms with E-state index in [2.05, 4.69) is 16.0 Å². The number of hydrogen-bond donors (Lipinski definition) is 4. The van der Waals surface area contributed by atoms with Gasteiger partial charge in [0.05, 0.1) is 5.60 Å². The van der Waals surface area contributed by atoms with Crippen molar-refractivity contribution in [2.75, 3.05) is 34.7 Å². The number of esters is 1. The van der Waals surface area contributed by atoms with Crippen LogP contribution in [0.3, 0.4) is 0 Å². The Morgan fingerprint density at radius 3 is 1.56 bits per heavy atom. The minimum Gasteiger partial charge on any atom is -0.450 e. The number of hydrogen-bond acceptors (Lipinski definition) is 11. The van der Waals surface area contributed by atoms with Gasteiger partial charge in [0.2, 0.25) is 41.4 Å². The van der Waals surface area contributed by atoms with Crippen LogP contribution in [0.2, 0.25) is 0 Å². The van der Waals surface area contributed by atoms with Gasteiger partial charge in [0.25, 0.3) is 5.91 Å². The third kappa shape index (κ3) is 17.1. The van der Waals surface area contributed by atoms with Gasteiger partial charge in [-0.25, -0.2) is 4.79 Å². The van der Waals surface area contributed by atoms with Crippen molar-refractivity contribution in [1.82, 2.24) is 40.4 Å². The summed E-state index contributed by atoms with van der Waals surface area (Å²) in [6.07, 6.45) is -0.00185. The first kappa shape index (κ1) is 68.6. The predicted octanol–water partition coefficient (Wildman–Crippen LogP) is 6.04. The lowest BCUT2D eigenvalue weighted by molar-refractivity contribution is -0.177. The number of cyclic esters (lactones) is 1. The van der Waals surface area contributed by atoms with Crippen LogP contribution in [0.15, 0.2) is 84.9 Å². The first-order valence-corrected chi connectivity index (χ1v) is 30.3. The number of carbonyl (C=O) groups is 9. The zero-order chi connectivity index (χ0) is 63.4. The summed E-state index contributed by atoms with van der Waals surface area (Å²) in [5.41, 5.74) is 1.33. The normalized spacial score (nSPS) is 25.4. The number of rotatable bonds is 14. The van der Waals surface area contributed by atoms with E-state index in [1.165, 1.54) is 61.6 Å². The monoisotopic (exact) mass is 1180 g/mol. The number of nitrogens with zero attached hydrogens (tertiary/aromatic N) is 5. The van der Waals surface area contributed by atoms with Crippen LogP contribution in [0, 0.1) is 29.6 Å². The number of carbonyl (C=O) groups excluding carboxylic acids is 9. The third-order valence-corrected chi connectivity index (χ3v) is 17.0. The molecular formula is C66H96N8O11. The highest BCUT2D eigenvalue weighted by Gasteiger charge is 2.48. The largest absolute Gasteiger partial charge is 0.450 e. The van der Waals surface area contributed by atoms with Crippen molar-refractivity contribution in [3.63, 3.8) is 0 Å². The highest BCUT2D eigenvalue weighted by molar-refractivity contribution is 5.99.